The molecular formula is C18H32N4. The molecule has 0 aromatic heterocycles. The van der Waals surface area contributed by atoms with Crippen molar-refractivity contribution < 1.29 is 0 Å². The van der Waals surface area contributed by atoms with Gasteiger partial charge in [0, 0.05) is 25.7 Å². The van der Waals surface area contributed by atoms with Crippen LogP contribution in [0.2, 0.25) is 0 Å². The molecule has 1 aliphatic carbocycles. The lowest BCUT2D eigenvalue weighted by atomic mass is 9.74. The number of rotatable bonds is 2. The molecule has 4 aliphatic rings. The summed E-state index contributed by atoms with van der Waals surface area (Å²) >= 11 is 0. The van der Waals surface area contributed by atoms with Gasteiger partial charge in [0.25, 0.3) is 0 Å². The van der Waals surface area contributed by atoms with Crippen LogP contribution >= 0.6 is 0 Å². The molecule has 124 valence electrons. The Morgan fingerprint density at radius 3 is 2.73 bits per heavy atom. The molecule has 4 nitrogen and oxygen atoms in total. The van der Waals surface area contributed by atoms with Crippen molar-refractivity contribution in [3.8, 4) is 0 Å². The first-order chi connectivity index (χ1) is 10.8. The minimum Gasteiger partial charge on any atom is -0.328 e. The lowest BCUT2D eigenvalue weighted by molar-refractivity contribution is 0.244. The summed E-state index contributed by atoms with van der Waals surface area (Å²) in [6.45, 7) is 4.63. The van der Waals surface area contributed by atoms with Gasteiger partial charge >= 0.3 is 0 Å². The Bertz CT molecular complexity index is 413. The summed E-state index contributed by atoms with van der Waals surface area (Å²) in [5.41, 5.74) is 7.77. The number of nitrogens with two attached hydrogens (primary N) is 1. The van der Waals surface area contributed by atoms with Crippen molar-refractivity contribution in [3.63, 3.8) is 0 Å². The molecule has 0 bridgehead atoms. The van der Waals surface area contributed by atoms with Gasteiger partial charge in [-0.3, -0.25) is 0 Å². The summed E-state index contributed by atoms with van der Waals surface area (Å²) < 4.78 is 0. The second kappa shape index (κ2) is 6.60. The van der Waals surface area contributed by atoms with Gasteiger partial charge in [-0.15, -0.1) is 0 Å². The van der Waals surface area contributed by atoms with E-state index in [1.54, 1.807) is 5.57 Å². The highest BCUT2D eigenvalue weighted by Gasteiger charge is 2.39. The van der Waals surface area contributed by atoms with Gasteiger partial charge in [0.15, 0.2) is 0 Å². The first kappa shape index (κ1) is 15.1. The zero-order valence-corrected chi connectivity index (χ0v) is 13.7. The first-order valence-corrected chi connectivity index (χ1v) is 9.45. The normalized spacial score (nSPS) is 46.1. The molecule has 3 heterocycles. The Hall–Kier alpha value is -0.420. The van der Waals surface area contributed by atoms with E-state index in [0.29, 0.717) is 12.2 Å². The van der Waals surface area contributed by atoms with Crippen LogP contribution in [0.3, 0.4) is 0 Å². The van der Waals surface area contributed by atoms with E-state index in [1.165, 1.54) is 51.6 Å². The van der Waals surface area contributed by atoms with Crippen LogP contribution in [0.1, 0.15) is 38.5 Å². The molecule has 5 N–H and O–H groups in total. The standard InChI is InChI=1S/C18H32N4/c19-15-5-3-12(4-6-15)13-8-14(10-20-9-13)17-11-22-18-16(17)2-1-7-21-18/h8,12-13,15-18,20-22H,1-7,9-11,19H2. The molecule has 4 rings (SSSR count). The molecule has 22 heavy (non-hydrogen) atoms. The quantitative estimate of drug-likeness (QED) is 0.579. The second-order valence-electron chi connectivity index (χ2n) is 7.96. The predicted molar refractivity (Wildman–Crippen MR) is 90.4 cm³/mol. The van der Waals surface area contributed by atoms with Crippen LogP contribution in [0.25, 0.3) is 0 Å². The molecule has 4 atom stereocenters. The average molecular weight is 304 g/mol. The van der Waals surface area contributed by atoms with E-state index < -0.39 is 0 Å². The monoisotopic (exact) mass is 304 g/mol. The maximum Gasteiger partial charge on any atom is 0.0607 e. The smallest absolute Gasteiger partial charge is 0.0607 e. The van der Waals surface area contributed by atoms with Gasteiger partial charge < -0.3 is 21.7 Å². The van der Waals surface area contributed by atoms with E-state index >= 15 is 0 Å². The third-order valence-electron chi connectivity index (χ3n) is 6.62. The number of piperidine rings is 1. The fourth-order valence-corrected chi connectivity index (χ4v) is 5.29. The van der Waals surface area contributed by atoms with Crippen molar-refractivity contribution >= 4 is 0 Å². The summed E-state index contributed by atoms with van der Waals surface area (Å²) in [6.07, 6.45) is 11.1. The Balaban J connectivity index is 1.45. The van der Waals surface area contributed by atoms with E-state index in [2.05, 4.69) is 22.0 Å². The topological polar surface area (TPSA) is 62.1 Å². The Labute approximate surface area is 134 Å². The van der Waals surface area contributed by atoms with Crippen molar-refractivity contribution in [2.75, 3.05) is 26.2 Å². The molecule has 2 saturated heterocycles. The first-order valence-electron chi connectivity index (χ1n) is 9.45. The molecule has 1 saturated carbocycles. The molecule has 0 amide bonds. The summed E-state index contributed by atoms with van der Waals surface area (Å²) in [6, 6.07) is 0.462. The zero-order valence-electron chi connectivity index (χ0n) is 13.7. The summed E-state index contributed by atoms with van der Waals surface area (Å²) in [7, 11) is 0. The molecule has 0 aromatic rings. The lowest BCUT2D eigenvalue weighted by Gasteiger charge is -2.36. The van der Waals surface area contributed by atoms with Crippen LogP contribution in [0.4, 0.5) is 0 Å². The minimum atomic E-state index is 0.462. The summed E-state index contributed by atoms with van der Waals surface area (Å²) in [5, 5.41) is 11.1. The van der Waals surface area contributed by atoms with Crippen LogP contribution in [0.5, 0.6) is 0 Å². The van der Waals surface area contributed by atoms with Crippen LogP contribution in [0.15, 0.2) is 11.6 Å². The average Bonchev–Trinajstić information content (AvgIpc) is 3.00. The second-order valence-corrected chi connectivity index (χ2v) is 7.96. The van der Waals surface area contributed by atoms with Gasteiger partial charge in [-0.05, 0) is 68.7 Å². The highest BCUT2D eigenvalue weighted by Crippen LogP contribution is 2.37. The molecule has 3 fully saturated rings. The molecule has 0 aromatic carbocycles. The van der Waals surface area contributed by atoms with E-state index in [0.717, 1.165) is 36.8 Å². The Morgan fingerprint density at radius 1 is 1.00 bits per heavy atom. The van der Waals surface area contributed by atoms with Crippen molar-refractivity contribution in [3.05, 3.63) is 11.6 Å². The molecule has 4 heteroatoms. The zero-order chi connectivity index (χ0) is 14.9. The van der Waals surface area contributed by atoms with Crippen LogP contribution in [-0.4, -0.2) is 38.4 Å². The number of fused-ring (bicyclic) bond motifs is 1. The molecule has 0 spiro atoms. The number of nitrogens with one attached hydrogen (secondary N) is 3. The van der Waals surface area contributed by atoms with Crippen LogP contribution in [-0.2, 0) is 0 Å². The van der Waals surface area contributed by atoms with E-state index in [4.69, 9.17) is 5.73 Å². The molecule has 3 aliphatic heterocycles. The minimum absolute atomic E-state index is 0.462. The third kappa shape index (κ3) is 2.99. The highest BCUT2D eigenvalue weighted by molar-refractivity contribution is 5.19. The van der Waals surface area contributed by atoms with E-state index in [1.807, 2.05) is 0 Å². The van der Waals surface area contributed by atoms with Crippen molar-refractivity contribution in [2.24, 2.45) is 29.4 Å². The van der Waals surface area contributed by atoms with Crippen LogP contribution < -0.4 is 21.7 Å². The Kier molecular flexibility index (Phi) is 4.54. The SMILES string of the molecule is NC1CCC(C2C=C(C3CNC4NCCCC43)CNC2)CC1. The summed E-state index contributed by atoms with van der Waals surface area (Å²) in [5.74, 6) is 3.16. The maximum atomic E-state index is 6.08. The van der Waals surface area contributed by atoms with Crippen molar-refractivity contribution in [1.82, 2.24) is 16.0 Å². The van der Waals surface area contributed by atoms with Gasteiger partial charge in [0.05, 0.1) is 6.17 Å². The molecule has 4 unspecified atom stereocenters. The number of hydrogen-bond donors (Lipinski definition) is 4. The number of hydrogen-bond acceptors (Lipinski definition) is 4. The fourth-order valence-electron chi connectivity index (χ4n) is 5.29. The van der Waals surface area contributed by atoms with Gasteiger partial charge in [-0.25, -0.2) is 0 Å². The molecular weight excluding hydrogens is 272 g/mol. The molecule has 0 radical (unpaired) electrons. The third-order valence-corrected chi connectivity index (χ3v) is 6.62. The fraction of sp³-hybridized carbons (Fsp3) is 0.889. The Morgan fingerprint density at radius 2 is 1.86 bits per heavy atom. The van der Waals surface area contributed by atoms with E-state index in [-0.39, 0.29) is 0 Å². The largest absolute Gasteiger partial charge is 0.328 e. The van der Waals surface area contributed by atoms with Gasteiger partial charge in [0.1, 0.15) is 0 Å². The lowest BCUT2D eigenvalue weighted by Crippen LogP contribution is -2.46. The van der Waals surface area contributed by atoms with Crippen LogP contribution in [0, 0.1) is 23.7 Å². The van der Waals surface area contributed by atoms with E-state index in [9.17, 15) is 0 Å². The summed E-state index contributed by atoms with van der Waals surface area (Å²) in [4.78, 5) is 0. The van der Waals surface area contributed by atoms with Gasteiger partial charge in [0.2, 0.25) is 0 Å². The van der Waals surface area contributed by atoms with Gasteiger partial charge in [-0.1, -0.05) is 11.6 Å². The highest BCUT2D eigenvalue weighted by atomic mass is 15.2. The van der Waals surface area contributed by atoms with Crippen molar-refractivity contribution in [2.45, 2.75) is 50.7 Å². The predicted octanol–water partition coefficient (Wildman–Crippen LogP) is 1.19. The van der Waals surface area contributed by atoms with Crippen molar-refractivity contribution in [1.29, 1.82) is 0 Å². The maximum absolute atomic E-state index is 6.08. The van der Waals surface area contributed by atoms with Gasteiger partial charge in [-0.2, -0.15) is 0 Å².